The molecular weight excluding hydrogens is 316 g/mol. The van der Waals surface area contributed by atoms with Crippen molar-refractivity contribution < 1.29 is 13.6 Å². The molecule has 1 atom stereocenters. The average Bonchev–Trinajstić information content (AvgIpc) is 3.30. The van der Waals surface area contributed by atoms with Crippen LogP contribution in [-0.4, -0.2) is 22.5 Å². The molecule has 0 aliphatic carbocycles. The Morgan fingerprint density at radius 3 is 2.91 bits per heavy atom. The molecule has 1 aliphatic heterocycles. The van der Waals surface area contributed by atoms with Gasteiger partial charge in [-0.1, -0.05) is 18.2 Å². The number of hydrazone groups is 1. The molecule has 0 N–H and O–H groups in total. The third kappa shape index (κ3) is 2.43. The molecule has 1 unspecified atom stereocenters. The summed E-state index contributed by atoms with van der Waals surface area (Å²) in [5.74, 6) is 0.943. The van der Waals surface area contributed by atoms with Crippen LogP contribution in [0.3, 0.4) is 0 Å². The number of halogens is 1. The lowest BCUT2D eigenvalue weighted by Gasteiger charge is -2.18. The van der Waals surface area contributed by atoms with Gasteiger partial charge in [0.25, 0.3) is 5.91 Å². The molecule has 0 saturated heterocycles. The predicted octanol–water partition coefficient (Wildman–Crippen LogP) is 3.94. The maximum absolute atomic E-state index is 12.1. The summed E-state index contributed by atoms with van der Waals surface area (Å²) in [6, 6.07) is 13.0. The molecule has 0 bridgehead atoms. The fraction of sp³-hybridized carbons (Fsp3) is 0.176. The Morgan fingerprint density at radius 2 is 2.17 bits per heavy atom. The number of benzene rings is 1. The van der Waals surface area contributed by atoms with Crippen LogP contribution in [0.25, 0.3) is 11.0 Å². The minimum absolute atomic E-state index is 0.131. The van der Waals surface area contributed by atoms with Crippen molar-refractivity contribution in [2.45, 2.75) is 12.5 Å². The zero-order chi connectivity index (χ0) is 15.8. The fourth-order valence-electron chi connectivity index (χ4n) is 2.78. The average molecular weight is 329 g/mol. The molecule has 2 aromatic heterocycles. The first kappa shape index (κ1) is 14.1. The second-order valence-electron chi connectivity index (χ2n) is 5.30. The largest absolute Gasteiger partial charge is 0.467 e. The van der Waals surface area contributed by atoms with E-state index >= 15 is 0 Å². The lowest BCUT2D eigenvalue weighted by molar-refractivity contribution is -0.130. The number of amides is 1. The summed E-state index contributed by atoms with van der Waals surface area (Å²) in [6.45, 7) is 0. The van der Waals surface area contributed by atoms with E-state index < -0.39 is 0 Å². The molecule has 6 heteroatoms. The van der Waals surface area contributed by atoms with Crippen molar-refractivity contribution >= 4 is 34.2 Å². The van der Waals surface area contributed by atoms with E-state index in [2.05, 4.69) is 5.10 Å². The van der Waals surface area contributed by atoms with Crippen LogP contribution in [0.4, 0.5) is 0 Å². The van der Waals surface area contributed by atoms with Gasteiger partial charge in [-0.15, -0.1) is 11.6 Å². The van der Waals surface area contributed by atoms with Crippen molar-refractivity contribution in [2.24, 2.45) is 5.10 Å². The molecule has 0 fully saturated rings. The minimum Gasteiger partial charge on any atom is -0.467 e. The van der Waals surface area contributed by atoms with Crippen LogP contribution in [0.2, 0.25) is 0 Å². The SMILES string of the molecule is O=C(CCl)N1N=C(c2cc3ccccc3o2)CC1c1ccco1. The topological polar surface area (TPSA) is 59.0 Å². The first-order chi connectivity index (χ1) is 11.3. The third-order valence-corrected chi connectivity index (χ3v) is 4.09. The Hall–Kier alpha value is -2.53. The second kappa shape index (κ2) is 5.59. The van der Waals surface area contributed by atoms with E-state index in [0.717, 1.165) is 11.0 Å². The van der Waals surface area contributed by atoms with Crippen molar-refractivity contribution in [3.8, 4) is 0 Å². The third-order valence-electron chi connectivity index (χ3n) is 3.86. The number of hydrogen-bond acceptors (Lipinski definition) is 4. The normalized spacial score (nSPS) is 17.7. The van der Waals surface area contributed by atoms with Gasteiger partial charge in [0.1, 0.15) is 29.0 Å². The second-order valence-corrected chi connectivity index (χ2v) is 5.57. The van der Waals surface area contributed by atoms with Crippen LogP contribution < -0.4 is 0 Å². The van der Waals surface area contributed by atoms with Gasteiger partial charge in [-0.25, -0.2) is 5.01 Å². The molecule has 0 spiro atoms. The van der Waals surface area contributed by atoms with Crippen molar-refractivity contribution in [1.82, 2.24) is 5.01 Å². The van der Waals surface area contributed by atoms with Crippen LogP contribution in [0, 0.1) is 0 Å². The highest BCUT2D eigenvalue weighted by molar-refractivity contribution is 6.27. The summed E-state index contributed by atoms with van der Waals surface area (Å²) in [5.41, 5.74) is 1.50. The van der Waals surface area contributed by atoms with Gasteiger partial charge in [0.15, 0.2) is 5.76 Å². The molecule has 0 radical (unpaired) electrons. The van der Waals surface area contributed by atoms with Gasteiger partial charge in [0.05, 0.1) is 6.26 Å². The maximum Gasteiger partial charge on any atom is 0.258 e. The Balaban J connectivity index is 1.72. The van der Waals surface area contributed by atoms with Crippen LogP contribution in [-0.2, 0) is 4.79 Å². The molecule has 116 valence electrons. The Morgan fingerprint density at radius 1 is 1.30 bits per heavy atom. The lowest BCUT2D eigenvalue weighted by atomic mass is 10.1. The summed E-state index contributed by atoms with van der Waals surface area (Å²) < 4.78 is 11.3. The smallest absolute Gasteiger partial charge is 0.258 e. The number of fused-ring (bicyclic) bond motifs is 1. The molecular formula is C17H13ClN2O3. The molecule has 4 rings (SSSR count). The first-order valence-corrected chi connectivity index (χ1v) is 7.77. The van der Waals surface area contributed by atoms with E-state index in [-0.39, 0.29) is 17.8 Å². The number of furan rings is 2. The summed E-state index contributed by atoms with van der Waals surface area (Å²) in [5, 5.41) is 6.81. The van der Waals surface area contributed by atoms with Crippen LogP contribution in [0.1, 0.15) is 24.0 Å². The Bertz CT molecular complexity index is 849. The monoisotopic (exact) mass is 328 g/mol. The highest BCUT2D eigenvalue weighted by Gasteiger charge is 2.35. The number of para-hydroxylation sites is 1. The molecule has 0 saturated carbocycles. The zero-order valence-electron chi connectivity index (χ0n) is 12.1. The van der Waals surface area contributed by atoms with Gasteiger partial charge in [-0.2, -0.15) is 5.10 Å². The molecule has 5 nitrogen and oxygen atoms in total. The summed E-state index contributed by atoms with van der Waals surface area (Å²) in [4.78, 5) is 12.1. The number of carbonyl (C=O) groups is 1. The number of rotatable bonds is 3. The minimum atomic E-state index is -0.292. The van der Waals surface area contributed by atoms with Crippen molar-refractivity contribution in [1.29, 1.82) is 0 Å². The molecule has 1 aliphatic rings. The Labute approximate surface area is 137 Å². The number of alkyl halides is 1. The molecule has 1 amide bonds. The van der Waals surface area contributed by atoms with Crippen molar-refractivity contribution in [3.05, 3.63) is 60.2 Å². The van der Waals surface area contributed by atoms with E-state index in [0.29, 0.717) is 23.7 Å². The van der Waals surface area contributed by atoms with E-state index in [4.69, 9.17) is 20.4 Å². The van der Waals surface area contributed by atoms with Gasteiger partial charge in [0.2, 0.25) is 0 Å². The lowest BCUT2D eigenvalue weighted by Crippen LogP contribution is -2.27. The Kier molecular flexibility index (Phi) is 3.42. The molecule has 1 aromatic carbocycles. The highest BCUT2D eigenvalue weighted by atomic mass is 35.5. The maximum atomic E-state index is 12.1. The number of carbonyl (C=O) groups excluding carboxylic acids is 1. The standard InChI is InChI=1S/C17H13ClN2O3/c18-10-17(21)20-13(15-6-3-7-22-15)9-12(19-20)16-8-11-4-1-2-5-14(11)23-16/h1-8,13H,9-10H2. The summed E-state index contributed by atoms with van der Waals surface area (Å²) >= 11 is 5.70. The predicted molar refractivity (Wildman–Crippen MR) is 86.4 cm³/mol. The summed E-state index contributed by atoms with van der Waals surface area (Å²) in [7, 11) is 0. The van der Waals surface area contributed by atoms with Crippen LogP contribution in [0.5, 0.6) is 0 Å². The first-order valence-electron chi connectivity index (χ1n) is 7.24. The van der Waals surface area contributed by atoms with E-state index in [1.165, 1.54) is 5.01 Å². The number of nitrogens with zero attached hydrogens (tertiary/aromatic N) is 2. The van der Waals surface area contributed by atoms with Crippen LogP contribution in [0.15, 0.2) is 62.7 Å². The zero-order valence-corrected chi connectivity index (χ0v) is 12.9. The van der Waals surface area contributed by atoms with E-state index in [9.17, 15) is 4.79 Å². The van der Waals surface area contributed by atoms with Crippen LogP contribution >= 0.6 is 11.6 Å². The molecule has 3 heterocycles. The molecule has 23 heavy (non-hydrogen) atoms. The van der Waals surface area contributed by atoms with Gasteiger partial charge >= 0.3 is 0 Å². The van der Waals surface area contributed by atoms with Crippen molar-refractivity contribution in [2.75, 3.05) is 5.88 Å². The quantitative estimate of drug-likeness (QED) is 0.684. The fourth-order valence-corrected chi connectivity index (χ4v) is 2.90. The van der Waals surface area contributed by atoms with E-state index in [1.54, 1.807) is 12.3 Å². The van der Waals surface area contributed by atoms with Gasteiger partial charge in [-0.05, 0) is 24.3 Å². The van der Waals surface area contributed by atoms with E-state index in [1.807, 2.05) is 36.4 Å². The van der Waals surface area contributed by atoms with Gasteiger partial charge < -0.3 is 8.83 Å². The number of hydrogen-bond donors (Lipinski definition) is 0. The molecule has 3 aromatic rings. The summed E-state index contributed by atoms with van der Waals surface area (Å²) in [6.07, 6.45) is 2.10. The highest BCUT2D eigenvalue weighted by Crippen LogP contribution is 2.34. The van der Waals surface area contributed by atoms with Gasteiger partial charge in [-0.3, -0.25) is 4.79 Å². The van der Waals surface area contributed by atoms with Crippen molar-refractivity contribution in [3.63, 3.8) is 0 Å². The van der Waals surface area contributed by atoms with Gasteiger partial charge in [0, 0.05) is 11.8 Å².